The number of halogens is 3. The Labute approximate surface area is 181 Å². The maximum atomic E-state index is 15.0. The molecule has 5 rings (SSSR count). The first-order valence-corrected chi connectivity index (χ1v) is 9.45. The van der Waals surface area contributed by atoms with Gasteiger partial charge in [-0.2, -0.15) is 0 Å². The van der Waals surface area contributed by atoms with E-state index in [2.05, 4.69) is 10.6 Å². The Balaban J connectivity index is 0.00000120. The molecule has 4 nitrogen and oxygen atoms in total. The Morgan fingerprint density at radius 3 is 2.72 bits per heavy atom. The molecule has 2 N–H and O–H groups in total. The number of hydrogen-bond donors (Lipinski definition) is 2. The van der Waals surface area contributed by atoms with Crippen LogP contribution in [-0.2, 0) is 25.8 Å². The summed E-state index contributed by atoms with van der Waals surface area (Å²) >= 11 is 0. The SMILES string of the molecule is Cl.Cl.O=C(Nc1ccc2c(c1F)CCNC2)c1c2c(nc3ccccc13)CCC2. The molecule has 0 bridgehead atoms. The van der Waals surface area contributed by atoms with Crippen molar-refractivity contribution in [1.29, 1.82) is 0 Å². The third-order valence-electron chi connectivity index (χ3n) is 5.60. The van der Waals surface area contributed by atoms with Crippen LogP contribution in [0.2, 0.25) is 0 Å². The number of pyridine rings is 1. The number of aryl methyl sites for hydroxylation is 1. The number of para-hydroxylation sites is 1. The first-order valence-electron chi connectivity index (χ1n) is 9.45. The lowest BCUT2D eigenvalue weighted by Gasteiger charge is -2.20. The zero-order chi connectivity index (χ0) is 18.4. The van der Waals surface area contributed by atoms with E-state index in [0.717, 1.165) is 53.5 Å². The molecule has 0 unspecified atom stereocenters. The first-order chi connectivity index (χ1) is 13.2. The molecule has 1 aromatic heterocycles. The van der Waals surface area contributed by atoms with E-state index in [1.54, 1.807) is 6.07 Å². The molecule has 0 atom stereocenters. The Kier molecular flexibility index (Phi) is 6.42. The van der Waals surface area contributed by atoms with E-state index >= 15 is 0 Å². The van der Waals surface area contributed by atoms with Crippen molar-refractivity contribution >= 4 is 47.3 Å². The topological polar surface area (TPSA) is 54.0 Å². The van der Waals surface area contributed by atoms with E-state index in [9.17, 15) is 9.18 Å². The van der Waals surface area contributed by atoms with Crippen molar-refractivity contribution in [2.24, 2.45) is 0 Å². The normalized spacial score (nSPS) is 14.4. The highest BCUT2D eigenvalue weighted by Crippen LogP contribution is 2.31. The van der Waals surface area contributed by atoms with Gasteiger partial charge in [-0.3, -0.25) is 9.78 Å². The second-order valence-corrected chi connectivity index (χ2v) is 7.23. The number of amides is 1. The quantitative estimate of drug-likeness (QED) is 0.620. The maximum Gasteiger partial charge on any atom is 0.256 e. The van der Waals surface area contributed by atoms with Crippen LogP contribution >= 0.6 is 24.8 Å². The van der Waals surface area contributed by atoms with Crippen LogP contribution in [0.1, 0.15) is 39.2 Å². The summed E-state index contributed by atoms with van der Waals surface area (Å²) in [6.45, 7) is 1.42. The van der Waals surface area contributed by atoms with E-state index in [1.165, 1.54) is 0 Å². The second kappa shape index (κ2) is 8.66. The molecule has 2 aliphatic rings. The zero-order valence-corrected chi connectivity index (χ0v) is 17.4. The predicted octanol–water partition coefficient (Wildman–Crippen LogP) is 4.60. The highest BCUT2D eigenvalue weighted by Gasteiger charge is 2.25. The fourth-order valence-corrected chi connectivity index (χ4v) is 4.29. The minimum Gasteiger partial charge on any atom is -0.319 e. The van der Waals surface area contributed by atoms with Gasteiger partial charge in [0.15, 0.2) is 0 Å². The van der Waals surface area contributed by atoms with Crippen molar-refractivity contribution in [3.8, 4) is 0 Å². The molecule has 1 aliphatic carbocycles. The number of fused-ring (bicyclic) bond motifs is 3. The minimum atomic E-state index is -0.308. The highest BCUT2D eigenvalue weighted by atomic mass is 35.5. The molecule has 1 amide bonds. The molecule has 0 saturated carbocycles. The molecule has 0 spiro atoms. The summed E-state index contributed by atoms with van der Waals surface area (Å²) in [5.41, 5.74) is 5.40. The van der Waals surface area contributed by atoms with Crippen molar-refractivity contribution in [3.63, 3.8) is 0 Å². The van der Waals surface area contributed by atoms with Gasteiger partial charge < -0.3 is 10.6 Å². The average molecular weight is 434 g/mol. The molecular weight excluding hydrogens is 412 g/mol. The summed E-state index contributed by atoms with van der Waals surface area (Å²) in [4.78, 5) is 17.9. The maximum absolute atomic E-state index is 15.0. The third kappa shape index (κ3) is 3.70. The van der Waals surface area contributed by atoms with Crippen LogP contribution in [0.25, 0.3) is 10.9 Å². The number of anilines is 1. The van der Waals surface area contributed by atoms with Crippen LogP contribution in [0.3, 0.4) is 0 Å². The Bertz CT molecular complexity index is 1090. The summed E-state index contributed by atoms with van der Waals surface area (Å²) in [6, 6.07) is 11.3. The summed E-state index contributed by atoms with van der Waals surface area (Å²) in [7, 11) is 0. The lowest BCUT2D eigenvalue weighted by Crippen LogP contribution is -2.25. The van der Waals surface area contributed by atoms with Gasteiger partial charge in [0.25, 0.3) is 5.91 Å². The number of rotatable bonds is 2. The van der Waals surface area contributed by atoms with Crippen molar-refractivity contribution in [2.75, 3.05) is 11.9 Å². The van der Waals surface area contributed by atoms with Gasteiger partial charge in [0.05, 0.1) is 16.8 Å². The summed E-state index contributed by atoms with van der Waals surface area (Å²) in [5, 5.41) is 6.91. The van der Waals surface area contributed by atoms with Crippen LogP contribution < -0.4 is 10.6 Å². The number of nitrogens with one attached hydrogen (secondary N) is 2. The molecule has 7 heteroatoms. The van der Waals surface area contributed by atoms with Crippen LogP contribution in [0.15, 0.2) is 36.4 Å². The number of nitrogens with zero attached hydrogens (tertiary/aromatic N) is 1. The zero-order valence-electron chi connectivity index (χ0n) is 15.8. The van der Waals surface area contributed by atoms with Crippen molar-refractivity contribution in [1.82, 2.24) is 10.3 Å². The lowest BCUT2D eigenvalue weighted by atomic mass is 9.98. The Hall–Kier alpha value is -2.21. The standard InChI is InChI=1S/C22H20FN3O.2ClH/c23-21-14-10-11-24-12-13(14)8-9-19(21)26-22(27)20-15-4-1-2-6-17(15)25-18-7-3-5-16(18)20;;/h1-2,4,6,8-9,24H,3,5,7,10-12H2,(H,26,27);2*1H. The molecule has 1 aliphatic heterocycles. The van der Waals surface area contributed by atoms with E-state index in [-0.39, 0.29) is 42.2 Å². The molecule has 2 aromatic carbocycles. The van der Waals surface area contributed by atoms with Crippen LogP contribution in [0.5, 0.6) is 0 Å². The molecule has 0 fully saturated rings. The summed E-state index contributed by atoms with van der Waals surface area (Å²) < 4.78 is 15.0. The van der Waals surface area contributed by atoms with E-state index < -0.39 is 0 Å². The summed E-state index contributed by atoms with van der Waals surface area (Å²) in [6.07, 6.45) is 3.37. The Morgan fingerprint density at radius 1 is 1.03 bits per heavy atom. The van der Waals surface area contributed by atoms with E-state index in [1.807, 2.05) is 30.3 Å². The van der Waals surface area contributed by atoms with Gasteiger partial charge in [-0.15, -0.1) is 24.8 Å². The van der Waals surface area contributed by atoms with Crippen molar-refractivity contribution in [3.05, 3.63) is 70.2 Å². The smallest absolute Gasteiger partial charge is 0.256 e. The van der Waals surface area contributed by atoms with Crippen LogP contribution in [0, 0.1) is 5.82 Å². The number of hydrogen-bond acceptors (Lipinski definition) is 3. The number of carbonyl (C=O) groups excluding carboxylic acids is 1. The number of benzene rings is 2. The van der Waals surface area contributed by atoms with Crippen molar-refractivity contribution in [2.45, 2.75) is 32.2 Å². The van der Waals surface area contributed by atoms with Gasteiger partial charge in [-0.05, 0) is 61.1 Å². The largest absolute Gasteiger partial charge is 0.319 e. The monoisotopic (exact) mass is 433 g/mol. The second-order valence-electron chi connectivity index (χ2n) is 7.23. The number of aromatic nitrogens is 1. The van der Waals surface area contributed by atoms with Crippen LogP contribution in [-0.4, -0.2) is 17.4 Å². The first kappa shape index (κ1) is 21.5. The van der Waals surface area contributed by atoms with Crippen LogP contribution in [0.4, 0.5) is 10.1 Å². The van der Waals surface area contributed by atoms with Gasteiger partial charge in [0.2, 0.25) is 0 Å². The van der Waals surface area contributed by atoms with E-state index in [4.69, 9.17) is 4.98 Å². The van der Waals surface area contributed by atoms with Gasteiger partial charge in [0.1, 0.15) is 5.82 Å². The average Bonchev–Trinajstić information content (AvgIpc) is 3.16. The molecule has 3 aromatic rings. The molecular formula is C22H22Cl2FN3O. The van der Waals surface area contributed by atoms with Gasteiger partial charge in [-0.1, -0.05) is 24.3 Å². The number of carbonyl (C=O) groups is 1. The van der Waals surface area contributed by atoms with Gasteiger partial charge >= 0.3 is 0 Å². The minimum absolute atomic E-state index is 0. The Morgan fingerprint density at radius 2 is 1.86 bits per heavy atom. The van der Waals surface area contributed by atoms with Gasteiger partial charge in [-0.25, -0.2) is 4.39 Å². The lowest BCUT2D eigenvalue weighted by molar-refractivity contribution is 0.102. The molecule has 29 heavy (non-hydrogen) atoms. The molecule has 152 valence electrons. The van der Waals surface area contributed by atoms with E-state index in [0.29, 0.717) is 24.1 Å². The fourth-order valence-electron chi connectivity index (χ4n) is 4.29. The highest BCUT2D eigenvalue weighted by molar-refractivity contribution is 6.13. The van der Waals surface area contributed by atoms with Gasteiger partial charge in [0, 0.05) is 17.6 Å². The fraction of sp³-hybridized carbons (Fsp3) is 0.273. The van der Waals surface area contributed by atoms with Crippen molar-refractivity contribution < 1.29 is 9.18 Å². The summed E-state index contributed by atoms with van der Waals surface area (Å²) in [5.74, 6) is -0.558. The third-order valence-corrected chi connectivity index (χ3v) is 5.60. The molecule has 0 saturated heterocycles. The molecule has 2 heterocycles. The molecule has 0 radical (unpaired) electrons. The predicted molar refractivity (Wildman–Crippen MR) is 118 cm³/mol.